The number of hydrogen-bond acceptors (Lipinski definition) is 3. The lowest BCUT2D eigenvalue weighted by atomic mass is 10.0. The number of furan rings is 1. The second kappa shape index (κ2) is 7.31. The van der Waals surface area contributed by atoms with Crippen LogP contribution in [0.3, 0.4) is 0 Å². The first-order valence-corrected chi connectivity index (χ1v) is 7.90. The molecule has 0 spiro atoms. The van der Waals surface area contributed by atoms with Crippen LogP contribution in [0.15, 0.2) is 22.8 Å². The number of aryl methyl sites for hydroxylation is 2. The molecule has 0 bridgehead atoms. The van der Waals surface area contributed by atoms with Crippen molar-refractivity contribution in [2.45, 2.75) is 34.1 Å². The summed E-state index contributed by atoms with van der Waals surface area (Å²) in [5, 5.41) is 6.56. The first-order chi connectivity index (χ1) is 10.9. The summed E-state index contributed by atoms with van der Waals surface area (Å²) in [7, 11) is 0. The highest BCUT2D eigenvalue weighted by Gasteiger charge is 2.12. The number of benzene rings is 1. The van der Waals surface area contributed by atoms with E-state index in [-0.39, 0.29) is 24.2 Å². The van der Waals surface area contributed by atoms with E-state index in [9.17, 15) is 9.59 Å². The maximum Gasteiger partial charge on any atom is 0.224 e. The quantitative estimate of drug-likeness (QED) is 0.804. The van der Waals surface area contributed by atoms with Gasteiger partial charge in [0, 0.05) is 30.0 Å². The molecule has 2 amide bonds. The van der Waals surface area contributed by atoms with Gasteiger partial charge >= 0.3 is 0 Å². The first kappa shape index (κ1) is 17.1. The molecule has 2 N–H and O–H groups in total. The van der Waals surface area contributed by atoms with Gasteiger partial charge in [-0.25, -0.2) is 0 Å². The molecule has 0 unspecified atom stereocenters. The average Bonchev–Trinajstić information content (AvgIpc) is 2.86. The molecule has 1 aromatic carbocycles. The predicted octanol–water partition coefficient (Wildman–Crippen LogP) is 2.48. The van der Waals surface area contributed by atoms with Gasteiger partial charge in [0.25, 0.3) is 0 Å². The Morgan fingerprint density at radius 1 is 1.09 bits per heavy atom. The Kier molecular flexibility index (Phi) is 5.42. The van der Waals surface area contributed by atoms with Gasteiger partial charge in [0.1, 0.15) is 5.58 Å². The lowest BCUT2D eigenvalue weighted by Gasteiger charge is -2.08. The number of carbonyl (C=O) groups is 2. The molecule has 1 heterocycles. The molecule has 2 rings (SSSR count). The molecule has 0 aliphatic heterocycles. The fourth-order valence-electron chi connectivity index (χ4n) is 2.30. The maximum atomic E-state index is 12.0. The summed E-state index contributed by atoms with van der Waals surface area (Å²) >= 11 is 0. The third-order valence-electron chi connectivity index (χ3n) is 3.89. The molecule has 0 radical (unpaired) electrons. The summed E-state index contributed by atoms with van der Waals surface area (Å²) < 4.78 is 5.53. The molecule has 5 nitrogen and oxygen atoms in total. The van der Waals surface area contributed by atoms with Crippen LogP contribution >= 0.6 is 0 Å². The lowest BCUT2D eigenvalue weighted by molar-refractivity contribution is -0.124. The second-order valence-corrected chi connectivity index (χ2v) is 6.17. The van der Waals surface area contributed by atoms with Crippen molar-refractivity contribution >= 4 is 22.8 Å². The molecular weight excluding hydrogens is 292 g/mol. The van der Waals surface area contributed by atoms with E-state index in [2.05, 4.69) is 16.7 Å². The van der Waals surface area contributed by atoms with Gasteiger partial charge in [-0.05, 0) is 37.1 Å². The van der Waals surface area contributed by atoms with Crippen molar-refractivity contribution in [1.29, 1.82) is 0 Å². The standard InChI is InChI=1S/C18H24N2O3/c1-11(2)18(22)20-6-5-19-17(21)9-14-10-23-16-8-13(4)12(3)7-15(14)16/h7-8,10-11H,5-6,9H2,1-4H3,(H,19,21)(H,20,22). The zero-order valence-electron chi connectivity index (χ0n) is 14.2. The smallest absolute Gasteiger partial charge is 0.224 e. The van der Waals surface area contributed by atoms with E-state index in [1.54, 1.807) is 6.26 Å². The van der Waals surface area contributed by atoms with Gasteiger partial charge in [-0.1, -0.05) is 13.8 Å². The summed E-state index contributed by atoms with van der Waals surface area (Å²) in [6.07, 6.45) is 1.91. The number of hydrogen-bond donors (Lipinski definition) is 2. The minimum Gasteiger partial charge on any atom is -0.464 e. The molecule has 0 saturated carbocycles. The van der Waals surface area contributed by atoms with Crippen molar-refractivity contribution < 1.29 is 14.0 Å². The molecule has 2 aromatic rings. The van der Waals surface area contributed by atoms with E-state index < -0.39 is 0 Å². The van der Waals surface area contributed by atoms with Crippen LogP contribution in [0.2, 0.25) is 0 Å². The number of nitrogens with one attached hydrogen (secondary N) is 2. The minimum atomic E-state index is -0.0790. The van der Waals surface area contributed by atoms with Crippen LogP contribution in [-0.4, -0.2) is 24.9 Å². The van der Waals surface area contributed by atoms with Gasteiger partial charge < -0.3 is 15.1 Å². The van der Waals surface area contributed by atoms with Gasteiger partial charge in [-0.2, -0.15) is 0 Å². The van der Waals surface area contributed by atoms with Gasteiger partial charge in [-0.3, -0.25) is 9.59 Å². The summed E-state index contributed by atoms with van der Waals surface area (Å²) in [4.78, 5) is 23.4. The normalized spacial score (nSPS) is 11.0. The summed E-state index contributed by atoms with van der Waals surface area (Å²) in [5.74, 6) is -0.134. The van der Waals surface area contributed by atoms with Gasteiger partial charge in [0.05, 0.1) is 12.7 Å². The molecule has 0 aliphatic rings. The third kappa shape index (κ3) is 4.34. The van der Waals surface area contributed by atoms with Crippen LogP contribution in [-0.2, 0) is 16.0 Å². The monoisotopic (exact) mass is 316 g/mol. The van der Waals surface area contributed by atoms with E-state index in [4.69, 9.17) is 4.42 Å². The molecular formula is C18H24N2O3. The average molecular weight is 316 g/mol. The van der Waals surface area contributed by atoms with E-state index in [0.717, 1.165) is 16.5 Å². The Morgan fingerprint density at radius 2 is 1.74 bits per heavy atom. The van der Waals surface area contributed by atoms with E-state index in [1.807, 2.05) is 33.8 Å². The SMILES string of the molecule is Cc1cc2occ(CC(=O)NCCNC(=O)C(C)C)c2cc1C. The van der Waals surface area contributed by atoms with Gasteiger partial charge in [-0.15, -0.1) is 0 Å². The zero-order valence-corrected chi connectivity index (χ0v) is 14.2. The zero-order chi connectivity index (χ0) is 17.0. The van der Waals surface area contributed by atoms with E-state index in [0.29, 0.717) is 13.1 Å². The van der Waals surface area contributed by atoms with E-state index >= 15 is 0 Å². The Bertz CT molecular complexity index is 716. The molecule has 23 heavy (non-hydrogen) atoms. The summed E-state index contributed by atoms with van der Waals surface area (Å²) in [6.45, 7) is 8.61. The highest BCUT2D eigenvalue weighted by Crippen LogP contribution is 2.25. The lowest BCUT2D eigenvalue weighted by Crippen LogP contribution is -2.36. The van der Waals surface area contributed by atoms with Gasteiger partial charge in [0.2, 0.25) is 11.8 Å². The van der Waals surface area contributed by atoms with Crippen LogP contribution < -0.4 is 10.6 Å². The van der Waals surface area contributed by atoms with Crippen molar-refractivity contribution in [3.8, 4) is 0 Å². The molecule has 5 heteroatoms. The van der Waals surface area contributed by atoms with Crippen LogP contribution in [0.25, 0.3) is 11.0 Å². The Morgan fingerprint density at radius 3 is 2.43 bits per heavy atom. The summed E-state index contributed by atoms with van der Waals surface area (Å²) in [6, 6.07) is 4.05. The van der Waals surface area contributed by atoms with Gasteiger partial charge in [0.15, 0.2) is 0 Å². The Hall–Kier alpha value is -2.30. The highest BCUT2D eigenvalue weighted by atomic mass is 16.3. The van der Waals surface area contributed by atoms with Crippen LogP contribution in [0.1, 0.15) is 30.5 Å². The maximum absolute atomic E-state index is 12.0. The summed E-state index contributed by atoms with van der Waals surface area (Å²) in [5.41, 5.74) is 4.03. The Labute approximate surface area is 136 Å². The second-order valence-electron chi connectivity index (χ2n) is 6.17. The molecule has 124 valence electrons. The fourth-order valence-corrected chi connectivity index (χ4v) is 2.30. The van der Waals surface area contributed by atoms with E-state index in [1.165, 1.54) is 11.1 Å². The largest absolute Gasteiger partial charge is 0.464 e. The predicted molar refractivity (Wildman–Crippen MR) is 90.2 cm³/mol. The highest BCUT2D eigenvalue weighted by molar-refractivity contribution is 5.88. The third-order valence-corrected chi connectivity index (χ3v) is 3.89. The van der Waals surface area contributed by atoms with Crippen LogP contribution in [0, 0.1) is 19.8 Å². The van der Waals surface area contributed by atoms with Crippen molar-refractivity contribution in [3.05, 3.63) is 35.1 Å². The molecule has 0 aliphatic carbocycles. The number of fused-ring (bicyclic) bond motifs is 1. The molecule has 0 atom stereocenters. The number of rotatable bonds is 6. The molecule has 0 fully saturated rings. The van der Waals surface area contributed by atoms with Crippen molar-refractivity contribution in [2.24, 2.45) is 5.92 Å². The number of carbonyl (C=O) groups excluding carboxylic acids is 2. The van der Waals surface area contributed by atoms with Crippen molar-refractivity contribution in [1.82, 2.24) is 10.6 Å². The van der Waals surface area contributed by atoms with Crippen LogP contribution in [0.5, 0.6) is 0 Å². The van der Waals surface area contributed by atoms with Crippen LogP contribution in [0.4, 0.5) is 0 Å². The number of amides is 2. The molecule has 1 aromatic heterocycles. The molecule has 0 saturated heterocycles. The topological polar surface area (TPSA) is 71.3 Å². The fraction of sp³-hybridized carbons (Fsp3) is 0.444. The van der Waals surface area contributed by atoms with Crippen molar-refractivity contribution in [2.75, 3.05) is 13.1 Å². The minimum absolute atomic E-state index is 0.00840. The van der Waals surface area contributed by atoms with Crippen molar-refractivity contribution in [3.63, 3.8) is 0 Å². The first-order valence-electron chi connectivity index (χ1n) is 7.90. The Balaban J connectivity index is 1.88.